The summed E-state index contributed by atoms with van der Waals surface area (Å²) in [6.07, 6.45) is -0.806. The largest absolute Gasteiger partial charge is 0.481 e. The minimum absolute atomic E-state index is 0. The summed E-state index contributed by atoms with van der Waals surface area (Å²) >= 11 is 0. The van der Waals surface area contributed by atoms with Crippen LogP contribution in [0.5, 0.6) is 0 Å². The van der Waals surface area contributed by atoms with Crippen LogP contribution in [0.25, 0.3) is 0 Å². The van der Waals surface area contributed by atoms with Crippen molar-refractivity contribution in [1.29, 1.82) is 0 Å². The Balaban J connectivity index is -0.000000180. The first-order valence-electron chi connectivity index (χ1n) is 1.56. The van der Waals surface area contributed by atoms with Crippen molar-refractivity contribution < 1.29 is 64.6 Å². The Hall–Kier alpha value is 0.421. The van der Waals surface area contributed by atoms with Crippen LogP contribution in [-0.4, -0.2) is 22.2 Å². The second kappa shape index (κ2) is 8.42. The molecule has 62 valence electrons. The van der Waals surface area contributed by atoms with E-state index in [1.807, 2.05) is 0 Å². The van der Waals surface area contributed by atoms with E-state index in [-0.39, 0.29) is 44.8 Å². The van der Waals surface area contributed by atoms with Crippen LogP contribution in [0.4, 0.5) is 0 Å². The van der Waals surface area contributed by atoms with Crippen molar-refractivity contribution in [2.75, 3.05) is 0 Å². The molecule has 0 atom stereocenters. The van der Waals surface area contributed by atoms with Crippen molar-refractivity contribution in [3.05, 3.63) is 0 Å². The molecule has 6 heteroatoms. The van der Waals surface area contributed by atoms with E-state index in [0.717, 1.165) is 0 Å². The van der Waals surface area contributed by atoms with Gasteiger partial charge in [0.05, 0.1) is 0 Å². The van der Waals surface area contributed by atoms with Gasteiger partial charge in [-0.25, -0.2) is 0 Å². The summed E-state index contributed by atoms with van der Waals surface area (Å²) in [6.45, 7) is 0. The van der Waals surface area contributed by atoms with E-state index in [0.29, 0.717) is 0 Å². The molecule has 0 aliphatic heterocycles. The fourth-order valence-corrected chi connectivity index (χ4v) is 0.129. The Morgan fingerprint density at radius 2 is 1.22 bits per heavy atom. The van der Waals surface area contributed by atoms with Crippen LogP contribution in [0.3, 0.4) is 0 Å². The van der Waals surface area contributed by atoms with E-state index in [1.54, 1.807) is 0 Å². The number of hydrogen-bond donors (Lipinski definition) is 2. The van der Waals surface area contributed by atoms with E-state index >= 15 is 0 Å². The second-order valence-corrected chi connectivity index (χ2v) is 0.964. The van der Waals surface area contributed by atoms with Crippen molar-refractivity contribution in [3.8, 4) is 0 Å². The third-order valence-corrected chi connectivity index (χ3v) is 0.302. The molecule has 9 heavy (non-hydrogen) atoms. The van der Waals surface area contributed by atoms with Gasteiger partial charge in [0.15, 0.2) is 0 Å². The molecule has 0 unspecified atom stereocenters. The van der Waals surface area contributed by atoms with Crippen LogP contribution in [0.15, 0.2) is 0 Å². The van der Waals surface area contributed by atoms with Gasteiger partial charge < -0.3 is 10.2 Å². The van der Waals surface area contributed by atoms with Crippen molar-refractivity contribution in [2.24, 2.45) is 0 Å². The smallest absolute Gasteiger partial charge is 0.314 e. The van der Waals surface area contributed by atoms with Crippen LogP contribution in [0.2, 0.25) is 0 Å². The second-order valence-electron chi connectivity index (χ2n) is 0.964. The summed E-state index contributed by atoms with van der Waals surface area (Å²) in [5.74, 6) is -2.62. The van der Waals surface area contributed by atoms with Gasteiger partial charge in [0, 0.05) is 44.8 Å². The molecule has 0 fully saturated rings. The molecule has 4 nitrogen and oxygen atoms in total. The number of carbonyl (C=O) groups is 2. The monoisotopic (exact) mass is 320 g/mol. The Kier molecular flexibility index (Phi) is 15.2. The molecular weight excluding hydrogens is 318 g/mol. The van der Waals surface area contributed by atoms with Crippen LogP contribution in [0.1, 0.15) is 6.42 Å². The Bertz CT molecular complexity index is 90.0. The molecule has 0 aromatic carbocycles. The maximum Gasteiger partial charge on any atom is 0.314 e. The average Bonchev–Trinajstić information content (AvgIpc) is 1.27. The van der Waals surface area contributed by atoms with Gasteiger partial charge in [-0.05, 0) is 0 Å². The molecule has 0 amide bonds. The molecular formula is C3H4Ag2O4. The fraction of sp³-hybridized carbons (Fsp3) is 0.333. The van der Waals surface area contributed by atoms with Gasteiger partial charge >= 0.3 is 11.9 Å². The summed E-state index contributed by atoms with van der Waals surface area (Å²) in [7, 11) is 0. The first kappa shape index (κ1) is 16.2. The summed E-state index contributed by atoms with van der Waals surface area (Å²) in [5, 5.41) is 15.4. The molecule has 0 aliphatic carbocycles. The van der Waals surface area contributed by atoms with Crippen LogP contribution in [0, 0.1) is 0 Å². The molecule has 0 aliphatic rings. The third-order valence-electron chi connectivity index (χ3n) is 0.302. The third kappa shape index (κ3) is 17.8. The summed E-state index contributed by atoms with van der Waals surface area (Å²) in [5.41, 5.74) is 0. The fourth-order valence-electron chi connectivity index (χ4n) is 0.129. The van der Waals surface area contributed by atoms with Crippen LogP contribution in [-0.2, 0) is 54.3 Å². The number of carboxylic acids is 2. The van der Waals surface area contributed by atoms with Gasteiger partial charge in [-0.2, -0.15) is 0 Å². The van der Waals surface area contributed by atoms with Gasteiger partial charge in [0.1, 0.15) is 6.42 Å². The van der Waals surface area contributed by atoms with Crippen molar-refractivity contribution in [1.82, 2.24) is 0 Å². The van der Waals surface area contributed by atoms with E-state index < -0.39 is 18.4 Å². The molecule has 0 saturated heterocycles. The first-order chi connectivity index (χ1) is 3.13. The topological polar surface area (TPSA) is 74.6 Å². The number of rotatable bonds is 2. The number of carboxylic acid groups (broad SMARTS) is 2. The number of hydrogen-bond acceptors (Lipinski definition) is 2. The Morgan fingerprint density at radius 1 is 1.00 bits per heavy atom. The minimum atomic E-state index is -1.31. The molecule has 0 aromatic heterocycles. The summed E-state index contributed by atoms with van der Waals surface area (Å²) < 4.78 is 0. The first-order valence-corrected chi connectivity index (χ1v) is 1.56. The van der Waals surface area contributed by atoms with Gasteiger partial charge in [-0.15, -0.1) is 0 Å². The SMILES string of the molecule is O=C(O)[14CH2]C(=O)O.[Ag].[Ag]. The molecule has 2 radical (unpaired) electrons. The average molecular weight is 322 g/mol. The van der Waals surface area contributed by atoms with Crippen LogP contribution >= 0.6 is 0 Å². The molecule has 0 aromatic rings. The van der Waals surface area contributed by atoms with Gasteiger partial charge in [-0.1, -0.05) is 0 Å². The Labute approximate surface area is 82.6 Å². The molecule has 0 heterocycles. The molecule has 0 bridgehead atoms. The number of aliphatic carboxylic acids is 2. The maximum atomic E-state index is 9.43. The normalized spacial score (nSPS) is 6.22. The van der Waals surface area contributed by atoms with Gasteiger partial charge in [0.2, 0.25) is 0 Å². The van der Waals surface area contributed by atoms with Crippen LogP contribution < -0.4 is 0 Å². The van der Waals surface area contributed by atoms with Crippen molar-refractivity contribution in [2.45, 2.75) is 6.42 Å². The zero-order valence-electron chi connectivity index (χ0n) is 4.02. The summed E-state index contributed by atoms with van der Waals surface area (Å²) in [6, 6.07) is 0. The van der Waals surface area contributed by atoms with E-state index in [4.69, 9.17) is 10.2 Å². The van der Waals surface area contributed by atoms with Crippen molar-refractivity contribution in [3.63, 3.8) is 0 Å². The summed E-state index contributed by atoms with van der Waals surface area (Å²) in [4.78, 5) is 18.9. The van der Waals surface area contributed by atoms with E-state index in [2.05, 4.69) is 0 Å². The van der Waals surface area contributed by atoms with E-state index in [1.165, 1.54) is 0 Å². The molecule has 2 N–H and O–H groups in total. The maximum absolute atomic E-state index is 9.43. The molecule has 0 rings (SSSR count). The van der Waals surface area contributed by atoms with Gasteiger partial charge in [-0.3, -0.25) is 9.59 Å². The van der Waals surface area contributed by atoms with E-state index in [9.17, 15) is 9.59 Å². The Morgan fingerprint density at radius 3 is 1.22 bits per heavy atom. The predicted molar refractivity (Wildman–Crippen MR) is 19.9 cm³/mol. The zero-order valence-corrected chi connectivity index (χ0v) is 6.99. The quantitative estimate of drug-likeness (QED) is 0.533. The molecule has 0 saturated carbocycles. The predicted octanol–water partition coefficient (Wildman–Crippen LogP) is -0.459. The minimum Gasteiger partial charge on any atom is -0.481 e. The standard InChI is InChI=1S/C3H4O4.2Ag/c4-2(5)1-3(6)7;;/h1H2,(H,4,5)(H,6,7);;/i1+2;;. The zero-order chi connectivity index (χ0) is 5.86. The van der Waals surface area contributed by atoms with Gasteiger partial charge in [0.25, 0.3) is 0 Å². The van der Waals surface area contributed by atoms with Crippen molar-refractivity contribution >= 4 is 11.9 Å². The molecule has 0 spiro atoms.